The van der Waals surface area contributed by atoms with Crippen LogP contribution >= 0.6 is 0 Å². The van der Waals surface area contributed by atoms with E-state index < -0.39 is 5.97 Å². The van der Waals surface area contributed by atoms with E-state index in [-0.39, 0.29) is 18.3 Å². The Labute approximate surface area is 164 Å². The predicted octanol–water partition coefficient (Wildman–Crippen LogP) is 4.11. The number of ether oxygens (including phenoxy) is 2. The molecule has 2 aromatic rings. The van der Waals surface area contributed by atoms with Crippen molar-refractivity contribution in [2.24, 2.45) is 5.92 Å². The number of hydrogen-bond acceptors (Lipinski definition) is 5. The topological polar surface area (TPSA) is 81.7 Å². The van der Waals surface area contributed by atoms with Crippen molar-refractivity contribution in [1.29, 1.82) is 0 Å². The first kappa shape index (κ1) is 21.2. The summed E-state index contributed by atoms with van der Waals surface area (Å²) in [4.78, 5) is 35.8. The lowest BCUT2D eigenvalue weighted by atomic mass is 10.1. The molecule has 2 rings (SSSR count). The minimum atomic E-state index is -0.588. The molecule has 0 bridgehead atoms. The number of anilines is 1. The molecule has 1 amide bonds. The van der Waals surface area contributed by atoms with Gasteiger partial charge in [0.05, 0.1) is 12.2 Å². The van der Waals surface area contributed by atoms with E-state index in [2.05, 4.69) is 5.32 Å². The van der Waals surface area contributed by atoms with Gasteiger partial charge in [-0.15, -0.1) is 0 Å². The number of rotatable bonds is 9. The van der Waals surface area contributed by atoms with Gasteiger partial charge in [-0.2, -0.15) is 0 Å². The molecule has 0 aliphatic carbocycles. The zero-order valence-electron chi connectivity index (χ0n) is 16.4. The first-order valence-corrected chi connectivity index (χ1v) is 9.22. The maximum absolute atomic E-state index is 12.2. The van der Waals surface area contributed by atoms with Gasteiger partial charge in [0.25, 0.3) is 0 Å². The van der Waals surface area contributed by atoms with E-state index in [0.717, 1.165) is 0 Å². The van der Waals surface area contributed by atoms with Crippen molar-refractivity contribution >= 4 is 23.3 Å². The molecule has 0 heterocycles. The van der Waals surface area contributed by atoms with Crippen molar-refractivity contribution in [3.8, 4) is 5.75 Å². The van der Waals surface area contributed by atoms with E-state index in [0.29, 0.717) is 41.5 Å². The minimum Gasteiger partial charge on any atom is -0.493 e. The summed E-state index contributed by atoms with van der Waals surface area (Å²) in [5.74, 6) is -0.0641. The van der Waals surface area contributed by atoms with Gasteiger partial charge in [0.2, 0.25) is 5.91 Å². The highest BCUT2D eigenvalue weighted by atomic mass is 16.5. The number of amides is 1. The Morgan fingerprint density at radius 1 is 1.00 bits per heavy atom. The highest BCUT2D eigenvalue weighted by Gasteiger charge is 2.13. The SMILES string of the molecule is CCC(=O)Nc1ccc(C(=O)COC(=O)c2cccc(OCC(C)C)c2)cc1. The van der Waals surface area contributed by atoms with Crippen LogP contribution in [0.4, 0.5) is 5.69 Å². The van der Waals surface area contributed by atoms with Crippen molar-refractivity contribution in [2.45, 2.75) is 27.2 Å². The number of ketones is 1. The molecule has 0 aliphatic rings. The second kappa shape index (κ2) is 10.3. The molecule has 2 aromatic carbocycles. The molecule has 1 N–H and O–H groups in total. The summed E-state index contributed by atoms with van der Waals surface area (Å²) in [5, 5.41) is 2.70. The van der Waals surface area contributed by atoms with Crippen LogP contribution in [0.1, 0.15) is 47.9 Å². The average Bonchev–Trinajstić information content (AvgIpc) is 2.70. The first-order valence-electron chi connectivity index (χ1n) is 9.22. The third-order valence-electron chi connectivity index (χ3n) is 3.80. The lowest BCUT2D eigenvalue weighted by Crippen LogP contribution is -2.15. The van der Waals surface area contributed by atoms with Crippen molar-refractivity contribution in [3.63, 3.8) is 0 Å². The van der Waals surface area contributed by atoms with Gasteiger partial charge in [-0.05, 0) is 48.4 Å². The van der Waals surface area contributed by atoms with Gasteiger partial charge < -0.3 is 14.8 Å². The van der Waals surface area contributed by atoms with Gasteiger partial charge in [0.1, 0.15) is 5.75 Å². The van der Waals surface area contributed by atoms with Crippen molar-refractivity contribution in [3.05, 3.63) is 59.7 Å². The molecule has 0 saturated carbocycles. The summed E-state index contributed by atoms with van der Waals surface area (Å²) in [5.41, 5.74) is 1.33. The summed E-state index contributed by atoms with van der Waals surface area (Å²) in [6.07, 6.45) is 0.375. The summed E-state index contributed by atoms with van der Waals surface area (Å²) in [7, 11) is 0. The number of benzene rings is 2. The van der Waals surface area contributed by atoms with Gasteiger partial charge in [0.15, 0.2) is 12.4 Å². The van der Waals surface area contributed by atoms with Crippen molar-refractivity contribution in [2.75, 3.05) is 18.5 Å². The molecule has 0 atom stereocenters. The first-order chi connectivity index (χ1) is 13.4. The largest absolute Gasteiger partial charge is 0.493 e. The third kappa shape index (κ3) is 6.54. The number of hydrogen-bond donors (Lipinski definition) is 1. The van der Waals surface area contributed by atoms with E-state index >= 15 is 0 Å². The Kier molecular flexibility index (Phi) is 7.75. The normalized spacial score (nSPS) is 10.4. The average molecular weight is 383 g/mol. The summed E-state index contributed by atoms with van der Waals surface area (Å²) in [6, 6.07) is 13.1. The number of nitrogens with one attached hydrogen (secondary N) is 1. The van der Waals surface area contributed by atoms with Gasteiger partial charge in [-0.25, -0.2) is 4.79 Å². The fourth-order valence-corrected chi connectivity index (χ4v) is 2.26. The van der Waals surface area contributed by atoms with Crippen LogP contribution in [0.3, 0.4) is 0 Å². The van der Waals surface area contributed by atoms with Crippen molar-refractivity contribution in [1.82, 2.24) is 0 Å². The third-order valence-corrected chi connectivity index (χ3v) is 3.80. The smallest absolute Gasteiger partial charge is 0.338 e. The quantitative estimate of drug-likeness (QED) is 0.520. The van der Waals surface area contributed by atoms with Crippen LogP contribution in [-0.2, 0) is 9.53 Å². The number of carbonyl (C=O) groups excluding carboxylic acids is 3. The van der Waals surface area contributed by atoms with Gasteiger partial charge in [0, 0.05) is 17.7 Å². The summed E-state index contributed by atoms with van der Waals surface area (Å²) in [6.45, 7) is 6.01. The second-order valence-electron chi connectivity index (χ2n) is 6.71. The highest BCUT2D eigenvalue weighted by Crippen LogP contribution is 2.16. The molecular formula is C22H25NO5. The van der Waals surface area contributed by atoms with Crippen LogP contribution in [0.5, 0.6) is 5.75 Å². The Morgan fingerprint density at radius 2 is 1.71 bits per heavy atom. The van der Waals surface area contributed by atoms with E-state index in [1.54, 1.807) is 55.5 Å². The van der Waals surface area contributed by atoms with Gasteiger partial charge >= 0.3 is 5.97 Å². The molecule has 0 spiro atoms. The monoisotopic (exact) mass is 383 g/mol. The molecule has 0 aromatic heterocycles. The van der Waals surface area contributed by atoms with Crippen LogP contribution in [-0.4, -0.2) is 30.9 Å². The van der Waals surface area contributed by atoms with E-state index in [4.69, 9.17) is 9.47 Å². The molecule has 148 valence electrons. The number of esters is 1. The van der Waals surface area contributed by atoms with Gasteiger partial charge in [-0.1, -0.05) is 26.8 Å². The van der Waals surface area contributed by atoms with Crippen LogP contribution in [0.2, 0.25) is 0 Å². The Bertz CT molecular complexity index is 827. The van der Waals surface area contributed by atoms with E-state index in [9.17, 15) is 14.4 Å². The standard InChI is InChI=1S/C22H25NO5/c1-4-21(25)23-18-10-8-16(9-11-18)20(24)14-28-22(26)17-6-5-7-19(12-17)27-13-15(2)3/h5-12,15H,4,13-14H2,1-3H3,(H,23,25). The molecule has 0 aliphatic heterocycles. The molecule has 0 saturated heterocycles. The fourth-order valence-electron chi connectivity index (χ4n) is 2.26. The molecule has 0 unspecified atom stereocenters. The lowest BCUT2D eigenvalue weighted by molar-refractivity contribution is -0.115. The Balaban J connectivity index is 1.90. The molecule has 0 fully saturated rings. The molecular weight excluding hydrogens is 358 g/mol. The zero-order chi connectivity index (χ0) is 20.5. The predicted molar refractivity (Wildman–Crippen MR) is 107 cm³/mol. The Morgan fingerprint density at radius 3 is 2.36 bits per heavy atom. The number of Topliss-reactive ketones (excluding diaryl/α,β-unsaturated/α-hetero) is 1. The summed E-state index contributed by atoms with van der Waals surface area (Å²) >= 11 is 0. The van der Waals surface area contributed by atoms with Crippen LogP contribution in [0.15, 0.2) is 48.5 Å². The molecule has 28 heavy (non-hydrogen) atoms. The van der Waals surface area contributed by atoms with Crippen molar-refractivity contribution < 1.29 is 23.9 Å². The summed E-state index contributed by atoms with van der Waals surface area (Å²) < 4.78 is 10.7. The zero-order valence-corrected chi connectivity index (χ0v) is 16.4. The highest BCUT2D eigenvalue weighted by molar-refractivity contribution is 6.00. The van der Waals surface area contributed by atoms with Crippen LogP contribution in [0.25, 0.3) is 0 Å². The molecule has 6 nitrogen and oxygen atoms in total. The van der Waals surface area contributed by atoms with Gasteiger partial charge in [-0.3, -0.25) is 9.59 Å². The van der Waals surface area contributed by atoms with Crippen LogP contribution < -0.4 is 10.1 Å². The maximum atomic E-state index is 12.2. The second-order valence-corrected chi connectivity index (χ2v) is 6.71. The fraction of sp³-hybridized carbons (Fsp3) is 0.318. The van der Waals surface area contributed by atoms with E-state index in [1.165, 1.54) is 0 Å². The number of carbonyl (C=O) groups is 3. The lowest BCUT2D eigenvalue weighted by Gasteiger charge is -2.10. The minimum absolute atomic E-state index is 0.104. The van der Waals surface area contributed by atoms with Crippen LogP contribution in [0, 0.1) is 5.92 Å². The maximum Gasteiger partial charge on any atom is 0.338 e. The molecule has 0 radical (unpaired) electrons. The van der Waals surface area contributed by atoms with E-state index in [1.807, 2.05) is 13.8 Å². The Hall–Kier alpha value is -3.15. The molecule has 6 heteroatoms.